The molecular weight excluding hydrogens is 176 g/mol. The summed E-state index contributed by atoms with van der Waals surface area (Å²) >= 11 is 0. The molecule has 0 aromatic rings. The lowest BCUT2D eigenvalue weighted by Crippen LogP contribution is -2.48. The Morgan fingerprint density at radius 3 is 2.93 bits per heavy atom. The second-order valence-corrected chi connectivity index (χ2v) is 4.65. The van der Waals surface area contributed by atoms with E-state index in [1.807, 2.05) is 0 Å². The summed E-state index contributed by atoms with van der Waals surface area (Å²) in [6.07, 6.45) is 4.69. The molecule has 0 bridgehead atoms. The monoisotopic (exact) mass is 200 g/mol. The van der Waals surface area contributed by atoms with Crippen LogP contribution in [0.3, 0.4) is 0 Å². The van der Waals surface area contributed by atoms with Gasteiger partial charge in [0.1, 0.15) is 0 Å². The van der Waals surface area contributed by atoms with E-state index in [4.69, 9.17) is 10.5 Å². The van der Waals surface area contributed by atoms with Gasteiger partial charge in [-0.3, -0.25) is 0 Å². The molecule has 0 aromatic carbocycles. The van der Waals surface area contributed by atoms with Gasteiger partial charge < -0.3 is 15.8 Å². The van der Waals surface area contributed by atoms with Crippen molar-refractivity contribution in [2.24, 2.45) is 5.73 Å². The lowest BCUT2D eigenvalue weighted by atomic mass is 10.0. The van der Waals surface area contributed by atoms with Gasteiger partial charge in [-0.1, -0.05) is 19.8 Å². The number of hydrogen-bond donors (Lipinski definition) is 2. The second kappa shape index (κ2) is 5.69. The molecule has 3 heteroatoms. The van der Waals surface area contributed by atoms with Crippen molar-refractivity contribution in [2.45, 2.75) is 51.1 Å². The lowest BCUT2D eigenvalue weighted by Gasteiger charge is -2.25. The van der Waals surface area contributed by atoms with Gasteiger partial charge in [-0.2, -0.15) is 0 Å². The Hall–Kier alpha value is -0.120. The van der Waals surface area contributed by atoms with Crippen molar-refractivity contribution < 1.29 is 4.74 Å². The standard InChI is InChI=1S/C11H24N2O/c1-3-4-5-10(12)8-13-11(2)6-7-14-9-11/h10,13H,3-9,12H2,1-2H3. The molecule has 0 radical (unpaired) electrons. The van der Waals surface area contributed by atoms with Crippen LogP contribution in [0.1, 0.15) is 39.5 Å². The molecule has 0 spiro atoms. The van der Waals surface area contributed by atoms with Crippen molar-refractivity contribution in [2.75, 3.05) is 19.8 Å². The van der Waals surface area contributed by atoms with Crippen LogP contribution in [0.25, 0.3) is 0 Å². The van der Waals surface area contributed by atoms with Crippen LogP contribution >= 0.6 is 0 Å². The Kier molecular flexibility index (Phi) is 4.85. The van der Waals surface area contributed by atoms with Crippen LogP contribution in [0, 0.1) is 0 Å². The number of nitrogens with two attached hydrogens (primary N) is 1. The van der Waals surface area contributed by atoms with E-state index in [0.717, 1.165) is 32.6 Å². The minimum Gasteiger partial charge on any atom is -0.379 e. The summed E-state index contributed by atoms with van der Waals surface area (Å²) in [4.78, 5) is 0. The first kappa shape index (κ1) is 12.0. The fourth-order valence-corrected chi connectivity index (χ4v) is 1.75. The van der Waals surface area contributed by atoms with Crippen LogP contribution in [0.5, 0.6) is 0 Å². The number of unbranched alkanes of at least 4 members (excludes halogenated alkanes) is 1. The summed E-state index contributed by atoms with van der Waals surface area (Å²) in [7, 11) is 0. The summed E-state index contributed by atoms with van der Waals surface area (Å²) in [6.45, 7) is 7.04. The average molecular weight is 200 g/mol. The predicted molar refractivity (Wildman–Crippen MR) is 59.3 cm³/mol. The largest absolute Gasteiger partial charge is 0.379 e. The van der Waals surface area contributed by atoms with E-state index < -0.39 is 0 Å². The Labute approximate surface area is 87.4 Å². The topological polar surface area (TPSA) is 47.3 Å². The molecule has 0 aliphatic carbocycles. The van der Waals surface area contributed by atoms with Crippen LogP contribution in [-0.4, -0.2) is 31.3 Å². The van der Waals surface area contributed by atoms with E-state index in [0.29, 0.717) is 6.04 Å². The maximum atomic E-state index is 5.99. The van der Waals surface area contributed by atoms with Gasteiger partial charge in [-0.25, -0.2) is 0 Å². The van der Waals surface area contributed by atoms with Crippen LogP contribution in [0.2, 0.25) is 0 Å². The van der Waals surface area contributed by atoms with Crippen LogP contribution in [0.4, 0.5) is 0 Å². The molecule has 3 nitrogen and oxygen atoms in total. The zero-order valence-electron chi connectivity index (χ0n) is 9.51. The SMILES string of the molecule is CCCCC(N)CNC1(C)CCOC1. The zero-order chi connectivity index (χ0) is 10.4. The molecule has 1 heterocycles. The molecule has 1 aliphatic heterocycles. The maximum absolute atomic E-state index is 5.99. The lowest BCUT2D eigenvalue weighted by molar-refractivity contribution is 0.171. The van der Waals surface area contributed by atoms with Crippen molar-refractivity contribution in [3.05, 3.63) is 0 Å². The third-order valence-corrected chi connectivity index (χ3v) is 2.94. The first-order valence-corrected chi connectivity index (χ1v) is 5.74. The third kappa shape index (κ3) is 3.95. The third-order valence-electron chi connectivity index (χ3n) is 2.94. The van der Waals surface area contributed by atoms with Crippen LogP contribution < -0.4 is 11.1 Å². The Morgan fingerprint density at radius 1 is 1.57 bits per heavy atom. The minimum absolute atomic E-state index is 0.170. The van der Waals surface area contributed by atoms with Gasteiger partial charge in [-0.15, -0.1) is 0 Å². The quantitative estimate of drug-likeness (QED) is 0.679. The molecule has 0 saturated carbocycles. The van der Waals surface area contributed by atoms with E-state index in [1.54, 1.807) is 0 Å². The average Bonchev–Trinajstić information content (AvgIpc) is 2.60. The molecule has 1 rings (SSSR count). The summed E-state index contributed by atoms with van der Waals surface area (Å²) in [5.74, 6) is 0. The van der Waals surface area contributed by atoms with Gasteiger partial charge >= 0.3 is 0 Å². The van der Waals surface area contributed by atoms with E-state index in [2.05, 4.69) is 19.2 Å². The Balaban J connectivity index is 2.12. The molecule has 14 heavy (non-hydrogen) atoms. The first-order valence-electron chi connectivity index (χ1n) is 5.74. The molecule has 1 fully saturated rings. The minimum atomic E-state index is 0.170. The molecule has 0 amide bonds. The fraction of sp³-hybridized carbons (Fsp3) is 1.00. The Morgan fingerprint density at radius 2 is 2.36 bits per heavy atom. The number of ether oxygens (including phenoxy) is 1. The second-order valence-electron chi connectivity index (χ2n) is 4.65. The van der Waals surface area contributed by atoms with Crippen molar-refractivity contribution >= 4 is 0 Å². The van der Waals surface area contributed by atoms with Gasteiger partial charge in [0.2, 0.25) is 0 Å². The van der Waals surface area contributed by atoms with Crippen LogP contribution in [-0.2, 0) is 4.74 Å². The van der Waals surface area contributed by atoms with E-state index >= 15 is 0 Å². The number of rotatable bonds is 6. The van der Waals surface area contributed by atoms with Gasteiger partial charge in [0, 0.05) is 24.7 Å². The van der Waals surface area contributed by atoms with Crippen molar-refractivity contribution in [1.82, 2.24) is 5.32 Å². The zero-order valence-corrected chi connectivity index (χ0v) is 9.51. The summed E-state index contributed by atoms with van der Waals surface area (Å²) in [6, 6.07) is 0.298. The van der Waals surface area contributed by atoms with Gasteiger partial charge in [-0.05, 0) is 19.8 Å². The van der Waals surface area contributed by atoms with Gasteiger partial charge in [0.05, 0.1) is 6.61 Å². The molecule has 1 saturated heterocycles. The summed E-state index contributed by atoms with van der Waals surface area (Å²) in [5.41, 5.74) is 6.16. The van der Waals surface area contributed by atoms with Crippen LogP contribution in [0.15, 0.2) is 0 Å². The maximum Gasteiger partial charge on any atom is 0.0646 e. The van der Waals surface area contributed by atoms with E-state index in [1.165, 1.54) is 12.8 Å². The van der Waals surface area contributed by atoms with E-state index in [-0.39, 0.29) is 5.54 Å². The van der Waals surface area contributed by atoms with Gasteiger partial charge in [0.15, 0.2) is 0 Å². The molecule has 0 aromatic heterocycles. The van der Waals surface area contributed by atoms with E-state index in [9.17, 15) is 0 Å². The highest BCUT2D eigenvalue weighted by atomic mass is 16.5. The highest BCUT2D eigenvalue weighted by Crippen LogP contribution is 2.17. The summed E-state index contributed by atoms with van der Waals surface area (Å²) in [5, 5.41) is 3.52. The Bertz CT molecular complexity index is 155. The smallest absolute Gasteiger partial charge is 0.0646 e. The molecule has 3 N–H and O–H groups in total. The molecule has 1 aliphatic rings. The predicted octanol–water partition coefficient (Wildman–Crippen LogP) is 1.27. The number of nitrogens with one attached hydrogen (secondary N) is 1. The van der Waals surface area contributed by atoms with Crippen molar-refractivity contribution in [3.8, 4) is 0 Å². The fourth-order valence-electron chi connectivity index (χ4n) is 1.75. The molecule has 2 atom stereocenters. The summed E-state index contributed by atoms with van der Waals surface area (Å²) < 4.78 is 5.37. The molecule has 84 valence electrons. The molecular formula is C11H24N2O. The highest BCUT2D eigenvalue weighted by molar-refractivity contribution is 4.87. The highest BCUT2D eigenvalue weighted by Gasteiger charge is 2.29. The van der Waals surface area contributed by atoms with Crippen molar-refractivity contribution in [1.29, 1.82) is 0 Å². The normalized spacial score (nSPS) is 29.4. The first-order chi connectivity index (χ1) is 6.66. The number of hydrogen-bond acceptors (Lipinski definition) is 3. The molecule has 2 unspecified atom stereocenters. The van der Waals surface area contributed by atoms with Crippen molar-refractivity contribution in [3.63, 3.8) is 0 Å². The van der Waals surface area contributed by atoms with Gasteiger partial charge in [0.25, 0.3) is 0 Å².